The Hall–Kier alpha value is -1.62. The number of pyridine rings is 1. The molecule has 0 saturated heterocycles. The number of halogens is 2. The van der Waals surface area contributed by atoms with Crippen molar-refractivity contribution in [3.63, 3.8) is 0 Å². The van der Waals surface area contributed by atoms with Crippen LogP contribution in [0.25, 0.3) is 0 Å². The number of rotatable bonds is 6. The van der Waals surface area contributed by atoms with Gasteiger partial charge in [0.1, 0.15) is 0 Å². The second-order valence-electron chi connectivity index (χ2n) is 5.48. The molecule has 132 valence electrons. The third-order valence-corrected chi connectivity index (χ3v) is 3.97. The van der Waals surface area contributed by atoms with Crippen LogP contribution in [0.2, 0.25) is 0 Å². The van der Waals surface area contributed by atoms with Crippen LogP contribution in [0.4, 0.5) is 0 Å². The molecule has 3 unspecified atom stereocenters. The van der Waals surface area contributed by atoms with Crippen LogP contribution in [0.3, 0.4) is 0 Å². The van der Waals surface area contributed by atoms with Crippen LogP contribution in [0, 0.1) is 5.92 Å². The highest BCUT2D eigenvalue weighted by atomic mass is 35.5. The third-order valence-electron chi connectivity index (χ3n) is 3.97. The summed E-state index contributed by atoms with van der Waals surface area (Å²) in [6.45, 7) is 3.92. The molecule has 0 saturated carbocycles. The Bertz CT molecular complexity index is 596. The number of nitrogens with zero attached hydrogens (tertiary/aromatic N) is 1. The molecule has 1 aromatic carbocycles. The molecule has 0 fully saturated rings. The Kier molecular flexibility index (Phi) is 10.3. The molecule has 2 aromatic rings. The summed E-state index contributed by atoms with van der Waals surface area (Å²) in [4.78, 5) is 16.5. The second kappa shape index (κ2) is 11.0. The average Bonchev–Trinajstić information content (AvgIpc) is 2.59. The van der Waals surface area contributed by atoms with Crippen molar-refractivity contribution in [2.75, 3.05) is 0 Å². The van der Waals surface area contributed by atoms with Crippen molar-refractivity contribution in [2.24, 2.45) is 11.7 Å². The molecule has 1 aromatic heterocycles. The zero-order valence-electron chi connectivity index (χ0n) is 13.9. The van der Waals surface area contributed by atoms with Crippen molar-refractivity contribution in [3.05, 3.63) is 66.0 Å². The van der Waals surface area contributed by atoms with Crippen LogP contribution in [0.1, 0.15) is 43.5 Å². The van der Waals surface area contributed by atoms with Gasteiger partial charge in [0.2, 0.25) is 5.91 Å². The first-order chi connectivity index (χ1) is 10.6. The van der Waals surface area contributed by atoms with Crippen molar-refractivity contribution in [1.29, 1.82) is 0 Å². The molecule has 0 aliphatic rings. The van der Waals surface area contributed by atoms with E-state index in [2.05, 4.69) is 10.3 Å². The SMILES string of the molecule is CCC(NC(=O)C(C)C(N)c1ccccc1)c1ccncc1.Cl.Cl. The van der Waals surface area contributed by atoms with Crippen LogP contribution in [0.5, 0.6) is 0 Å². The monoisotopic (exact) mass is 369 g/mol. The summed E-state index contributed by atoms with van der Waals surface area (Å²) in [5.41, 5.74) is 8.26. The van der Waals surface area contributed by atoms with Gasteiger partial charge < -0.3 is 11.1 Å². The van der Waals surface area contributed by atoms with Gasteiger partial charge in [-0.3, -0.25) is 9.78 Å². The molecule has 4 nitrogen and oxygen atoms in total. The number of nitrogens with two attached hydrogens (primary N) is 1. The molecule has 6 heteroatoms. The fraction of sp³-hybridized carbons (Fsp3) is 0.333. The molecule has 3 atom stereocenters. The largest absolute Gasteiger partial charge is 0.349 e. The van der Waals surface area contributed by atoms with E-state index in [-0.39, 0.29) is 48.7 Å². The normalized spacial score (nSPS) is 13.6. The number of hydrogen-bond acceptors (Lipinski definition) is 3. The highest BCUT2D eigenvalue weighted by molar-refractivity contribution is 5.85. The maximum atomic E-state index is 12.5. The van der Waals surface area contributed by atoms with Crippen molar-refractivity contribution >= 4 is 30.7 Å². The first-order valence-electron chi connectivity index (χ1n) is 7.64. The van der Waals surface area contributed by atoms with Gasteiger partial charge in [0.15, 0.2) is 0 Å². The van der Waals surface area contributed by atoms with E-state index < -0.39 is 0 Å². The fourth-order valence-electron chi connectivity index (χ4n) is 2.45. The van der Waals surface area contributed by atoms with Crippen molar-refractivity contribution in [2.45, 2.75) is 32.4 Å². The van der Waals surface area contributed by atoms with E-state index in [9.17, 15) is 4.79 Å². The van der Waals surface area contributed by atoms with Gasteiger partial charge in [0.05, 0.1) is 12.0 Å². The lowest BCUT2D eigenvalue weighted by Crippen LogP contribution is -2.37. The molecular weight excluding hydrogens is 345 g/mol. The van der Waals surface area contributed by atoms with Crippen LogP contribution in [-0.4, -0.2) is 10.9 Å². The summed E-state index contributed by atoms with van der Waals surface area (Å²) in [5.74, 6) is -0.321. The van der Waals surface area contributed by atoms with Crippen molar-refractivity contribution in [3.8, 4) is 0 Å². The van der Waals surface area contributed by atoms with Crippen LogP contribution in [-0.2, 0) is 4.79 Å². The molecule has 0 bridgehead atoms. The zero-order chi connectivity index (χ0) is 15.9. The fourth-order valence-corrected chi connectivity index (χ4v) is 2.45. The zero-order valence-corrected chi connectivity index (χ0v) is 15.5. The Morgan fingerprint density at radius 3 is 2.21 bits per heavy atom. The molecule has 0 radical (unpaired) electrons. The van der Waals surface area contributed by atoms with Gasteiger partial charge in [0, 0.05) is 18.4 Å². The van der Waals surface area contributed by atoms with Crippen molar-refractivity contribution < 1.29 is 4.79 Å². The lowest BCUT2D eigenvalue weighted by atomic mass is 9.94. The Balaban J connectivity index is 0.00000264. The van der Waals surface area contributed by atoms with Gasteiger partial charge in [-0.05, 0) is 29.7 Å². The first kappa shape index (κ1) is 22.4. The molecule has 1 amide bonds. The Morgan fingerprint density at radius 1 is 1.08 bits per heavy atom. The van der Waals surface area contributed by atoms with Crippen LogP contribution < -0.4 is 11.1 Å². The quantitative estimate of drug-likeness (QED) is 0.812. The number of hydrogen-bond donors (Lipinski definition) is 2. The molecule has 24 heavy (non-hydrogen) atoms. The van der Waals surface area contributed by atoms with Gasteiger partial charge in [-0.15, -0.1) is 24.8 Å². The molecular formula is C18H25Cl2N3O. The summed E-state index contributed by atoms with van der Waals surface area (Å²) < 4.78 is 0. The average molecular weight is 370 g/mol. The van der Waals surface area contributed by atoms with E-state index in [1.165, 1.54) is 0 Å². The topological polar surface area (TPSA) is 68.0 Å². The molecule has 1 heterocycles. The smallest absolute Gasteiger partial charge is 0.225 e. The number of benzene rings is 1. The third kappa shape index (κ3) is 5.78. The van der Waals surface area contributed by atoms with Gasteiger partial charge >= 0.3 is 0 Å². The predicted octanol–water partition coefficient (Wildman–Crippen LogP) is 3.83. The van der Waals surface area contributed by atoms with E-state index in [1.54, 1.807) is 12.4 Å². The Labute approximate surface area is 156 Å². The lowest BCUT2D eigenvalue weighted by Gasteiger charge is -2.24. The van der Waals surface area contributed by atoms with Gasteiger partial charge in [0.25, 0.3) is 0 Å². The molecule has 0 spiro atoms. The van der Waals surface area contributed by atoms with Crippen molar-refractivity contribution in [1.82, 2.24) is 10.3 Å². The van der Waals surface area contributed by atoms with Crippen LogP contribution in [0.15, 0.2) is 54.9 Å². The number of aromatic nitrogens is 1. The van der Waals surface area contributed by atoms with Crippen LogP contribution >= 0.6 is 24.8 Å². The summed E-state index contributed by atoms with van der Waals surface area (Å²) in [6, 6.07) is 13.3. The van der Waals surface area contributed by atoms with Gasteiger partial charge in [-0.2, -0.15) is 0 Å². The molecule has 0 aliphatic carbocycles. The van der Waals surface area contributed by atoms with Gasteiger partial charge in [-0.25, -0.2) is 0 Å². The van der Waals surface area contributed by atoms with E-state index in [0.29, 0.717) is 0 Å². The molecule has 0 aliphatic heterocycles. The van der Waals surface area contributed by atoms with E-state index in [4.69, 9.17) is 5.73 Å². The standard InChI is InChI=1S/C18H23N3O.2ClH/c1-3-16(14-9-11-20-12-10-14)21-18(22)13(2)17(19)15-7-5-4-6-8-15;;/h4-13,16-17H,3,19H2,1-2H3,(H,21,22);2*1H. The van der Waals surface area contributed by atoms with E-state index >= 15 is 0 Å². The summed E-state index contributed by atoms with van der Waals surface area (Å²) >= 11 is 0. The van der Waals surface area contributed by atoms with Gasteiger partial charge in [-0.1, -0.05) is 44.2 Å². The molecule has 2 rings (SSSR count). The van der Waals surface area contributed by atoms with E-state index in [0.717, 1.165) is 17.5 Å². The number of amides is 1. The van der Waals surface area contributed by atoms with E-state index in [1.807, 2.05) is 56.3 Å². The summed E-state index contributed by atoms with van der Waals surface area (Å²) in [6.07, 6.45) is 4.30. The number of carbonyl (C=O) groups is 1. The maximum absolute atomic E-state index is 12.5. The highest BCUT2D eigenvalue weighted by Gasteiger charge is 2.24. The maximum Gasteiger partial charge on any atom is 0.225 e. The summed E-state index contributed by atoms with van der Waals surface area (Å²) in [5, 5.41) is 3.09. The second-order valence-corrected chi connectivity index (χ2v) is 5.48. The number of nitrogens with one attached hydrogen (secondary N) is 1. The highest BCUT2D eigenvalue weighted by Crippen LogP contribution is 2.21. The number of carbonyl (C=O) groups excluding carboxylic acids is 1. The minimum Gasteiger partial charge on any atom is -0.349 e. The minimum atomic E-state index is -0.309. The summed E-state index contributed by atoms with van der Waals surface area (Å²) in [7, 11) is 0. The predicted molar refractivity (Wildman–Crippen MR) is 102 cm³/mol. The Morgan fingerprint density at radius 2 is 1.67 bits per heavy atom. The minimum absolute atomic E-state index is 0. The molecule has 3 N–H and O–H groups in total. The first-order valence-corrected chi connectivity index (χ1v) is 7.64. The lowest BCUT2D eigenvalue weighted by molar-refractivity contribution is -0.126.